The highest BCUT2D eigenvalue weighted by Crippen LogP contribution is 2.17. The average molecular weight is 251 g/mol. The summed E-state index contributed by atoms with van der Waals surface area (Å²) in [6.07, 6.45) is 1.52. The molecule has 54 valence electrons. The minimum Gasteiger partial charge on any atom is -0.507 e. The second kappa shape index (κ2) is 3.16. The number of halogens is 1. The molecule has 1 heterocycles. The van der Waals surface area contributed by atoms with E-state index >= 15 is 0 Å². The molecule has 0 amide bonds. The third-order valence-corrected chi connectivity index (χ3v) is 1.88. The molecule has 0 radical (unpaired) electrons. The molecule has 0 spiro atoms. The van der Waals surface area contributed by atoms with Crippen molar-refractivity contribution < 1.29 is 10.2 Å². The number of aromatic hydroxyl groups is 1. The second-order valence-corrected chi connectivity index (χ2v) is 2.95. The van der Waals surface area contributed by atoms with E-state index in [2.05, 4.69) is 4.98 Å². The zero-order chi connectivity index (χ0) is 7.56. The van der Waals surface area contributed by atoms with Crippen LogP contribution in [-0.4, -0.2) is 15.2 Å². The lowest BCUT2D eigenvalue weighted by atomic mass is 10.3. The van der Waals surface area contributed by atoms with Crippen molar-refractivity contribution in [2.75, 3.05) is 0 Å². The van der Waals surface area contributed by atoms with Crippen LogP contribution >= 0.6 is 22.6 Å². The zero-order valence-electron chi connectivity index (χ0n) is 5.08. The quantitative estimate of drug-likeness (QED) is 0.728. The molecule has 0 aliphatic carbocycles. The Bertz CT molecular complexity index is 239. The fourth-order valence-corrected chi connectivity index (χ4v) is 0.851. The molecule has 0 unspecified atom stereocenters. The molecule has 0 fully saturated rings. The van der Waals surface area contributed by atoms with Gasteiger partial charge in [-0.2, -0.15) is 0 Å². The first-order valence-electron chi connectivity index (χ1n) is 2.68. The Morgan fingerprint density at radius 2 is 2.30 bits per heavy atom. The number of pyridine rings is 1. The third-order valence-electron chi connectivity index (χ3n) is 1.05. The molecule has 0 aliphatic heterocycles. The van der Waals surface area contributed by atoms with Crippen LogP contribution in [0.3, 0.4) is 0 Å². The minimum atomic E-state index is -0.134. The first-order valence-corrected chi connectivity index (χ1v) is 3.76. The monoisotopic (exact) mass is 251 g/mol. The lowest BCUT2D eigenvalue weighted by Gasteiger charge is -1.97. The Kier molecular flexibility index (Phi) is 2.44. The normalized spacial score (nSPS) is 9.80. The van der Waals surface area contributed by atoms with Crippen LogP contribution in [-0.2, 0) is 6.61 Å². The van der Waals surface area contributed by atoms with Crippen molar-refractivity contribution in [1.82, 2.24) is 4.98 Å². The van der Waals surface area contributed by atoms with Gasteiger partial charge in [0.05, 0.1) is 15.9 Å². The van der Waals surface area contributed by atoms with Gasteiger partial charge in [0, 0.05) is 12.3 Å². The molecular weight excluding hydrogens is 245 g/mol. The standard InChI is InChI=1S/C6H6INO2/c7-5-2-8-4(3-9)1-6(5)10/h1-2,9H,3H2,(H,8,10). The predicted octanol–water partition coefficient (Wildman–Crippen LogP) is 0.884. The number of rotatable bonds is 1. The first-order chi connectivity index (χ1) is 4.74. The van der Waals surface area contributed by atoms with Crippen molar-refractivity contribution in [1.29, 1.82) is 0 Å². The summed E-state index contributed by atoms with van der Waals surface area (Å²) in [6.45, 7) is -0.134. The molecule has 0 aromatic carbocycles. The van der Waals surface area contributed by atoms with Gasteiger partial charge in [0.2, 0.25) is 0 Å². The SMILES string of the molecule is OCc1cc(O)c(I)cn1. The van der Waals surface area contributed by atoms with Gasteiger partial charge in [0.15, 0.2) is 0 Å². The Morgan fingerprint density at radius 3 is 2.80 bits per heavy atom. The van der Waals surface area contributed by atoms with E-state index in [0.717, 1.165) is 0 Å². The van der Waals surface area contributed by atoms with Crippen molar-refractivity contribution in [3.63, 3.8) is 0 Å². The molecule has 1 aromatic rings. The maximum absolute atomic E-state index is 9.07. The molecule has 0 aliphatic rings. The van der Waals surface area contributed by atoms with Gasteiger partial charge in [-0.3, -0.25) is 4.98 Å². The Balaban J connectivity index is 3.04. The van der Waals surface area contributed by atoms with E-state index in [1.54, 1.807) is 0 Å². The maximum Gasteiger partial charge on any atom is 0.132 e. The number of aromatic nitrogens is 1. The molecule has 10 heavy (non-hydrogen) atoms. The van der Waals surface area contributed by atoms with Gasteiger partial charge in [0.1, 0.15) is 5.75 Å². The van der Waals surface area contributed by atoms with Gasteiger partial charge < -0.3 is 10.2 Å². The number of nitrogens with zero attached hydrogens (tertiary/aromatic N) is 1. The molecule has 0 saturated heterocycles. The molecule has 2 N–H and O–H groups in total. The Morgan fingerprint density at radius 1 is 1.60 bits per heavy atom. The van der Waals surface area contributed by atoms with E-state index in [4.69, 9.17) is 10.2 Å². The van der Waals surface area contributed by atoms with Crippen LogP contribution in [0, 0.1) is 3.57 Å². The molecule has 0 bridgehead atoms. The highest BCUT2D eigenvalue weighted by Gasteiger charge is 1.98. The predicted molar refractivity (Wildman–Crippen MR) is 44.5 cm³/mol. The molecule has 0 saturated carbocycles. The van der Waals surface area contributed by atoms with E-state index in [0.29, 0.717) is 9.26 Å². The van der Waals surface area contributed by atoms with Crippen LogP contribution < -0.4 is 0 Å². The van der Waals surface area contributed by atoms with Gasteiger partial charge in [-0.25, -0.2) is 0 Å². The van der Waals surface area contributed by atoms with Crippen LogP contribution in [0.5, 0.6) is 5.75 Å². The molecule has 3 nitrogen and oxygen atoms in total. The van der Waals surface area contributed by atoms with Gasteiger partial charge in [0.25, 0.3) is 0 Å². The maximum atomic E-state index is 9.07. The van der Waals surface area contributed by atoms with Crippen molar-refractivity contribution in [3.8, 4) is 5.75 Å². The minimum absolute atomic E-state index is 0.134. The largest absolute Gasteiger partial charge is 0.507 e. The Hall–Kier alpha value is -0.360. The fourth-order valence-electron chi connectivity index (χ4n) is 0.556. The highest BCUT2D eigenvalue weighted by atomic mass is 127. The van der Waals surface area contributed by atoms with E-state index in [1.165, 1.54) is 12.3 Å². The Labute approximate surface area is 71.9 Å². The third kappa shape index (κ3) is 1.57. The van der Waals surface area contributed by atoms with E-state index in [-0.39, 0.29) is 12.4 Å². The van der Waals surface area contributed by atoms with Gasteiger partial charge in [-0.1, -0.05) is 0 Å². The van der Waals surface area contributed by atoms with Crippen molar-refractivity contribution in [2.24, 2.45) is 0 Å². The highest BCUT2D eigenvalue weighted by molar-refractivity contribution is 14.1. The lowest BCUT2D eigenvalue weighted by Crippen LogP contribution is -1.88. The van der Waals surface area contributed by atoms with Gasteiger partial charge in [-0.15, -0.1) is 0 Å². The van der Waals surface area contributed by atoms with Crippen LogP contribution in [0.2, 0.25) is 0 Å². The summed E-state index contributed by atoms with van der Waals surface area (Å²) in [5.41, 5.74) is 0.484. The van der Waals surface area contributed by atoms with Crippen LogP contribution in [0.25, 0.3) is 0 Å². The molecule has 0 atom stereocenters. The van der Waals surface area contributed by atoms with Crippen molar-refractivity contribution in [3.05, 3.63) is 21.5 Å². The smallest absolute Gasteiger partial charge is 0.132 e. The number of hydrogen-bond donors (Lipinski definition) is 2. The van der Waals surface area contributed by atoms with Gasteiger partial charge in [-0.05, 0) is 22.6 Å². The summed E-state index contributed by atoms with van der Waals surface area (Å²) in [4.78, 5) is 3.84. The summed E-state index contributed by atoms with van der Waals surface area (Å²) in [6, 6.07) is 1.45. The average Bonchev–Trinajstić information content (AvgIpc) is 1.95. The lowest BCUT2D eigenvalue weighted by molar-refractivity contribution is 0.276. The second-order valence-electron chi connectivity index (χ2n) is 1.79. The molecule has 1 aromatic heterocycles. The zero-order valence-corrected chi connectivity index (χ0v) is 7.24. The topological polar surface area (TPSA) is 53.4 Å². The van der Waals surface area contributed by atoms with E-state index in [9.17, 15) is 0 Å². The van der Waals surface area contributed by atoms with E-state index < -0.39 is 0 Å². The summed E-state index contributed by atoms with van der Waals surface area (Å²) in [5, 5.41) is 17.6. The van der Waals surface area contributed by atoms with Crippen LogP contribution in [0.4, 0.5) is 0 Å². The number of hydrogen-bond acceptors (Lipinski definition) is 3. The molecule has 4 heteroatoms. The summed E-state index contributed by atoms with van der Waals surface area (Å²) >= 11 is 1.96. The van der Waals surface area contributed by atoms with Crippen molar-refractivity contribution >= 4 is 22.6 Å². The fraction of sp³-hybridized carbons (Fsp3) is 0.167. The summed E-state index contributed by atoms with van der Waals surface area (Å²) in [5.74, 6) is 0.166. The van der Waals surface area contributed by atoms with Crippen LogP contribution in [0.1, 0.15) is 5.69 Å². The summed E-state index contributed by atoms with van der Waals surface area (Å²) < 4.78 is 0.690. The number of aliphatic hydroxyl groups excluding tert-OH is 1. The number of aliphatic hydroxyl groups is 1. The van der Waals surface area contributed by atoms with Crippen molar-refractivity contribution in [2.45, 2.75) is 6.61 Å². The van der Waals surface area contributed by atoms with E-state index in [1.807, 2.05) is 22.6 Å². The first kappa shape index (κ1) is 7.74. The molecule has 1 rings (SSSR count). The summed E-state index contributed by atoms with van der Waals surface area (Å²) in [7, 11) is 0. The molecular formula is C6H6INO2. The van der Waals surface area contributed by atoms with Crippen LogP contribution in [0.15, 0.2) is 12.3 Å². The van der Waals surface area contributed by atoms with Gasteiger partial charge >= 0.3 is 0 Å².